The van der Waals surface area contributed by atoms with Crippen molar-refractivity contribution in [3.63, 3.8) is 0 Å². The molecule has 0 heterocycles. The van der Waals surface area contributed by atoms with E-state index in [9.17, 15) is 0 Å². The molecule has 1 aromatic rings. The van der Waals surface area contributed by atoms with Crippen molar-refractivity contribution in [2.75, 3.05) is 54.0 Å². The van der Waals surface area contributed by atoms with Crippen molar-refractivity contribution in [2.24, 2.45) is 4.99 Å². The Morgan fingerprint density at radius 2 is 1.96 bits per heavy atom. The van der Waals surface area contributed by atoms with Crippen molar-refractivity contribution in [3.8, 4) is 5.75 Å². The van der Waals surface area contributed by atoms with Gasteiger partial charge < -0.3 is 25.0 Å². The Bertz CT molecular complexity index is 454. The van der Waals surface area contributed by atoms with Gasteiger partial charge in [0.2, 0.25) is 0 Å². The summed E-state index contributed by atoms with van der Waals surface area (Å²) in [7, 11) is 5.63. The molecule has 0 fully saturated rings. The van der Waals surface area contributed by atoms with Crippen LogP contribution in [-0.2, 0) is 4.74 Å². The zero-order valence-electron chi connectivity index (χ0n) is 15.4. The first-order valence-electron chi connectivity index (χ1n) is 8.49. The minimum atomic E-state index is 0.0580. The summed E-state index contributed by atoms with van der Waals surface area (Å²) in [6, 6.07) is 9.85. The summed E-state index contributed by atoms with van der Waals surface area (Å²) in [5, 5.41) is 6.61. The van der Waals surface area contributed by atoms with Crippen LogP contribution in [0.2, 0.25) is 0 Å². The molecule has 0 radical (unpaired) electrons. The summed E-state index contributed by atoms with van der Waals surface area (Å²) in [4.78, 5) is 6.52. The van der Waals surface area contributed by atoms with Crippen molar-refractivity contribution in [2.45, 2.75) is 19.4 Å². The molecule has 0 aliphatic heterocycles. The third-order valence-electron chi connectivity index (χ3n) is 3.54. The minimum absolute atomic E-state index is 0.0580. The Labute approximate surface area is 146 Å². The highest BCUT2D eigenvalue weighted by Gasteiger charge is 2.05. The first-order chi connectivity index (χ1) is 11.7. The second kappa shape index (κ2) is 12.6. The molecule has 6 heteroatoms. The topological polar surface area (TPSA) is 58.1 Å². The predicted molar refractivity (Wildman–Crippen MR) is 99.9 cm³/mol. The van der Waals surface area contributed by atoms with Gasteiger partial charge in [-0.2, -0.15) is 0 Å². The smallest absolute Gasteiger partial charge is 0.191 e. The van der Waals surface area contributed by atoms with Crippen LogP contribution in [0.25, 0.3) is 0 Å². The number of hydrogen-bond donors (Lipinski definition) is 2. The number of benzene rings is 1. The zero-order valence-corrected chi connectivity index (χ0v) is 15.4. The van der Waals surface area contributed by atoms with E-state index < -0.39 is 0 Å². The Hall–Kier alpha value is -1.79. The number of methoxy groups -OCH3 is 1. The maximum absolute atomic E-state index is 5.84. The summed E-state index contributed by atoms with van der Waals surface area (Å²) in [5.41, 5.74) is 0. The zero-order chi connectivity index (χ0) is 17.6. The Morgan fingerprint density at radius 1 is 1.21 bits per heavy atom. The number of rotatable bonds is 11. The lowest BCUT2D eigenvalue weighted by Crippen LogP contribution is -2.44. The van der Waals surface area contributed by atoms with Gasteiger partial charge in [0.25, 0.3) is 0 Å². The van der Waals surface area contributed by atoms with Crippen LogP contribution < -0.4 is 15.4 Å². The van der Waals surface area contributed by atoms with E-state index in [1.54, 1.807) is 14.2 Å². The molecule has 0 saturated heterocycles. The molecule has 0 amide bonds. The maximum atomic E-state index is 5.84. The van der Waals surface area contributed by atoms with Crippen LogP contribution in [0.5, 0.6) is 5.75 Å². The number of ether oxygens (including phenoxy) is 2. The number of aliphatic imine (C=N–C) groups is 1. The number of para-hydroxylation sites is 1. The van der Waals surface area contributed by atoms with Crippen LogP contribution in [0, 0.1) is 0 Å². The summed E-state index contributed by atoms with van der Waals surface area (Å²) < 4.78 is 10.9. The van der Waals surface area contributed by atoms with Gasteiger partial charge in [0.1, 0.15) is 11.9 Å². The summed E-state index contributed by atoms with van der Waals surface area (Å²) >= 11 is 0. The van der Waals surface area contributed by atoms with Gasteiger partial charge >= 0.3 is 0 Å². The molecule has 2 N–H and O–H groups in total. The molecule has 0 aliphatic rings. The van der Waals surface area contributed by atoms with Gasteiger partial charge in [-0.3, -0.25) is 4.99 Å². The highest BCUT2D eigenvalue weighted by atomic mass is 16.5. The molecule has 0 aliphatic carbocycles. The molecule has 24 heavy (non-hydrogen) atoms. The predicted octanol–water partition coefficient (Wildman–Crippen LogP) is 1.59. The lowest BCUT2D eigenvalue weighted by atomic mass is 10.3. The molecular weight excluding hydrogens is 304 g/mol. The van der Waals surface area contributed by atoms with E-state index in [-0.39, 0.29) is 6.10 Å². The monoisotopic (exact) mass is 336 g/mol. The minimum Gasteiger partial charge on any atom is -0.489 e. The standard InChI is InChI=1S/C18H32N4O2/c1-16(24-17-9-6-5-7-10-17)15-21-18(19-2)20-11-13-22(3)12-8-14-23-4/h5-7,9-10,16H,8,11-15H2,1-4H3,(H2,19,20,21). The van der Waals surface area contributed by atoms with Crippen molar-refractivity contribution >= 4 is 5.96 Å². The average molecular weight is 336 g/mol. The molecule has 1 atom stereocenters. The average Bonchev–Trinajstić information content (AvgIpc) is 2.59. The number of likely N-dealkylation sites (N-methyl/N-ethyl adjacent to an activating group) is 1. The van der Waals surface area contributed by atoms with Gasteiger partial charge in [0.15, 0.2) is 5.96 Å². The van der Waals surface area contributed by atoms with Gasteiger partial charge in [0.05, 0.1) is 6.54 Å². The van der Waals surface area contributed by atoms with Crippen LogP contribution in [0.3, 0.4) is 0 Å². The Morgan fingerprint density at radius 3 is 2.62 bits per heavy atom. The van der Waals surface area contributed by atoms with E-state index in [0.29, 0.717) is 6.54 Å². The van der Waals surface area contributed by atoms with Gasteiger partial charge in [-0.15, -0.1) is 0 Å². The van der Waals surface area contributed by atoms with Gasteiger partial charge in [-0.1, -0.05) is 18.2 Å². The van der Waals surface area contributed by atoms with E-state index >= 15 is 0 Å². The quantitative estimate of drug-likeness (QED) is 0.365. The van der Waals surface area contributed by atoms with Crippen LogP contribution in [0.4, 0.5) is 0 Å². The van der Waals surface area contributed by atoms with E-state index in [1.807, 2.05) is 37.3 Å². The van der Waals surface area contributed by atoms with Gasteiger partial charge in [-0.25, -0.2) is 0 Å². The molecule has 1 unspecified atom stereocenters. The first-order valence-corrected chi connectivity index (χ1v) is 8.49. The molecule has 0 saturated carbocycles. The Balaban J connectivity index is 2.18. The van der Waals surface area contributed by atoms with Crippen LogP contribution >= 0.6 is 0 Å². The Kier molecular flexibility index (Phi) is 10.6. The maximum Gasteiger partial charge on any atom is 0.191 e. The number of hydrogen-bond acceptors (Lipinski definition) is 4. The highest BCUT2D eigenvalue weighted by molar-refractivity contribution is 5.79. The van der Waals surface area contributed by atoms with Crippen molar-refractivity contribution in [1.29, 1.82) is 0 Å². The van der Waals surface area contributed by atoms with E-state index in [2.05, 4.69) is 27.6 Å². The number of nitrogens with one attached hydrogen (secondary N) is 2. The summed E-state index contributed by atoms with van der Waals surface area (Å²) in [5.74, 6) is 1.68. The van der Waals surface area contributed by atoms with Crippen molar-refractivity contribution in [3.05, 3.63) is 30.3 Å². The summed E-state index contributed by atoms with van der Waals surface area (Å²) in [6.45, 7) is 6.37. The highest BCUT2D eigenvalue weighted by Crippen LogP contribution is 2.10. The van der Waals surface area contributed by atoms with Crippen LogP contribution in [0.15, 0.2) is 35.3 Å². The molecule has 6 nitrogen and oxygen atoms in total. The lowest BCUT2D eigenvalue weighted by molar-refractivity contribution is 0.180. The molecule has 1 aromatic carbocycles. The molecule has 136 valence electrons. The van der Waals surface area contributed by atoms with Gasteiger partial charge in [-0.05, 0) is 32.5 Å². The fourth-order valence-corrected chi connectivity index (χ4v) is 2.19. The lowest BCUT2D eigenvalue weighted by Gasteiger charge is -2.20. The molecule has 0 aromatic heterocycles. The first kappa shape index (κ1) is 20.3. The summed E-state index contributed by atoms with van der Waals surface area (Å²) in [6.07, 6.45) is 1.11. The second-order valence-electron chi connectivity index (χ2n) is 5.77. The van der Waals surface area contributed by atoms with E-state index in [0.717, 1.165) is 44.4 Å². The number of guanidine groups is 1. The SMILES string of the molecule is CN=C(NCCN(C)CCCOC)NCC(C)Oc1ccccc1. The van der Waals surface area contributed by atoms with Gasteiger partial charge in [0, 0.05) is 40.4 Å². The molecule has 0 bridgehead atoms. The molecular formula is C18H32N4O2. The third-order valence-corrected chi connectivity index (χ3v) is 3.54. The third kappa shape index (κ3) is 9.37. The van der Waals surface area contributed by atoms with Crippen molar-refractivity contribution in [1.82, 2.24) is 15.5 Å². The molecule has 1 rings (SSSR count). The number of nitrogens with zero attached hydrogens (tertiary/aromatic N) is 2. The largest absolute Gasteiger partial charge is 0.489 e. The van der Waals surface area contributed by atoms with Crippen LogP contribution in [-0.4, -0.2) is 71.0 Å². The van der Waals surface area contributed by atoms with E-state index in [1.165, 1.54) is 0 Å². The fraction of sp³-hybridized carbons (Fsp3) is 0.611. The normalized spacial score (nSPS) is 13.0. The fourth-order valence-electron chi connectivity index (χ4n) is 2.19. The second-order valence-corrected chi connectivity index (χ2v) is 5.77. The van der Waals surface area contributed by atoms with Crippen LogP contribution in [0.1, 0.15) is 13.3 Å². The molecule has 0 spiro atoms. The van der Waals surface area contributed by atoms with Crippen molar-refractivity contribution < 1.29 is 9.47 Å². The van der Waals surface area contributed by atoms with E-state index in [4.69, 9.17) is 9.47 Å².